The molecule has 1 N–H and O–H groups in total. The van der Waals surface area contributed by atoms with E-state index in [0.717, 1.165) is 0 Å². The molecule has 0 aliphatic carbocycles. The van der Waals surface area contributed by atoms with Gasteiger partial charge in [0.25, 0.3) is 0 Å². The maximum atomic E-state index is 12.7. The second kappa shape index (κ2) is 8.04. The monoisotopic (exact) mass is 383 g/mol. The summed E-state index contributed by atoms with van der Waals surface area (Å²) in [5, 5.41) is 3.25. The summed E-state index contributed by atoms with van der Waals surface area (Å²) in [5.74, 6) is 0.702. The van der Waals surface area contributed by atoms with Gasteiger partial charge in [0.15, 0.2) is 5.76 Å². The number of amides is 1. The lowest BCUT2D eigenvalue weighted by Gasteiger charge is -2.10. The summed E-state index contributed by atoms with van der Waals surface area (Å²) in [6.07, 6.45) is 0. The van der Waals surface area contributed by atoms with E-state index in [9.17, 15) is 9.59 Å². The maximum absolute atomic E-state index is 12.7. The SMILES string of the molecule is CCOC(=O)c1c(-c2ccc(OC)cc2OC)oc2ccc(NC(C)=O)cc12. The highest BCUT2D eigenvalue weighted by atomic mass is 16.5. The number of hydrogen-bond donors (Lipinski definition) is 1. The van der Waals surface area contributed by atoms with E-state index in [4.69, 9.17) is 18.6 Å². The number of benzene rings is 2. The summed E-state index contributed by atoms with van der Waals surface area (Å²) in [6, 6.07) is 10.3. The fourth-order valence-electron chi connectivity index (χ4n) is 2.96. The molecule has 0 saturated heterocycles. The molecule has 0 aliphatic heterocycles. The molecule has 0 bridgehead atoms. The van der Waals surface area contributed by atoms with Gasteiger partial charge in [-0.15, -0.1) is 0 Å². The minimum absolute atomic E-state index is 0.211. The molecule has 0 spiro atoms. The van der Waals surface area contributed by atoms with Crippen LogP contribution in [-0.2, 0) is 9.53 Å². The zero-order chi connectivity index (χ0) is 20.3. The molecule has 1 aromatic heterocycles. The quantitative estimate of drug-likeness (QED) is 0.640. The van der Waals surface area contributed by atoms with Crippen molar-refractivity contribution in [3.8, 4) is 22.8 Å². The molecular weight excluding hydrogens is 362 g/mol. The zero-order valence-corrected chi connectivity index (χ0v) is 16.1. The van der Waals surface area contributed by atoms with Crippen LogP contribution >= 0.6 is 0 Å². The minimum Gasteiger partial charge on any atom is -0.497 e. The van der Waals surface area contributed by atoms with Crippen LogP contribution in [0.1, 0.15) is 24.2 Å². The van der Waals surface area contributed by atoms with Crippen LogP contribution in [0.15, 0.2) is 40.8 Å². The van der Waals surface area contributed by atoms with Gasteiger partial charge in [-0.25, -0.2) is 4.79 Å². The second-order valence-electron chi connectivity index (χ2n) is 5.98. The van der Waals surface area contributed by atoms with Crippen molar-refractivity contribution in [3.63, 3.8) is 0 Å². The van der Waals surface area contributed by atoms with Crippen molar-refractivity contribution < 1.29 is 28.2 Å². The maximum Gasteiger partial charge on any atom is 0.342 e. The summed E-state index contributed by atoms with van der Waals surface area (Å²) in [6.45, 7) is 3.37. The number of carbonyl (C=O) groups excluding carboxylic acids is 2. The number of nitrogens with one attached hydrogen (secondary N) is 1. The molecule has 3 aromatic rings. The number of fused-ring (bicyclic) bond motifs is 1. The highest BCUT2D eigenvalue weighted by Crippen LogP contribution is 2.40. The summed E-state index contributed by atoms with van der Waals surface area (Å²) >= 11 is 0. The van der Waals surface area contributed by atoms with Crippen molar-refractivity contribution in [2.75, 3.05) is 26.1 Å². The molecule has 0 saturated carbocycles. The molecule has 1 heterocycles. The highest BCUT2D eigenvalue weighted by Gasteiger charge is 2.26. The lowest BCUT2D eigenvalue weighted by molar-refractivity contribution is -0.114. The number of furan rings is 1. The fourth-order valence-corrected chi connectivity index (χ4v) is 2.96. The van der Waals surface area contributed by atoms with Crippen molar-refractivity contribution in [1.82, 2.24) is 0 Å². The molecule has 0 aliphatic rings. The van der Waals surface area contributed by atoms with Crippen LogP contribution < -0.4 is 14.8 Å². The number of carbonyl (C=O) groups is 2. The van der Waals surface area contributed by atoms with Crippen LogP contribution in [0.25, 0.3) is 22.3 Å². The second-order valence-corrected chi connectivity index (χ2v) is 5.98. The number of ether oxygens (including phenoxy) is 3. The van der Waals surface area contributed by atoms with E-state index in [1.54, 1.807) is 50.4 Å². The molecule has 28 heavy (non-hydrogen) atoms. The molecular formula is C21H21NO6. The van der Waals surface area contributed by atoms with Gasteiger partial charge in [-0.05, 0) is 37.3 Å². The third-order valence-corrected chi connectivity index (χ3v) is 4.14. The molecule has 0 radical (unpaired) electrons. The van der Waals surface area contributed by atoms with Gasteiger partial charge in [0, 0.05) is 24.1 Å². The van der Waals surface area contributed by atoms with Gasteiger partial charge in [0.2, 0.25) is 5.91 Å². The highest BCUT2D eigenvalue weighted by molar-refractivity contribution is 6.10. The first-order valence-electron chi connectivity index (χ1n) is 8.72. The van der Waals surface area contributed by atoms with Gasteiger partial charge >= 0.3 is 5.97 Å². The van der Waals surface area contributed by atoms with Crippen molar-refractivity contribution >= 4 is 28.5 Å². The number of methoxy groups -OCH3 is 2. The average Bonchev–Trinajstić information content (AvgIpc) is 3.05. The zero-order valence-electron chi connectivity index (χ0n) is 16.1. The van der Waals surface area contributed by atoms with Gasteiger partial charge in [0.05, 0.1) is 26.4 Å². The predicted octanol–water partition coefficient (Wildman–Crippen LogP) is 4.25. The van der Waals surface area contributed by atoms with Crippen LogP contribution in [-0.4, -0.2) is 32.7 Å². The van der Waals surface area contributed by atoms with Crippen LogP contribution in [0, 0.1) is 0 Å². The molecule has 7 nitrogen and oxygen atoms in total. The van der Waals surface area contributed by atoms with E-state index >= 15 is 0 Å². The van der Waals surface area contributed by atoms with Crippen LogP contribution in [0.4, 0.5) is 5.69 Å². The van der Waals surface area contributed by atoms with E-state index in [1.165, 1.54) is 14.0 Å². The van der Waals surface area contributed by atoms with Gasteiger partial charge in [0.1, 0.15) is 22.6 Å². The number of anilines is 1. The van der Waals surface area contributed by atoms with Crippen molar-refractivity contribution in [1.29, 1.82) is 0 Å². The first-order valence-corrected chi connectivity index (χ1v) is 8.72. The van der Waals surface area contributed by atoms with Crippen LogP contribution in [0.5, 0.6) is 11.5 Å². The van der Waals surface area contributed by atoms with E-state index in [-0.39, 0.29) is 18.1 Å². The number of esters is 1. The Hall–Kier alpha value is -3.48. The third-order valence-electron chi connectivity index (χ3n) is 4.14. The first-order chi connectivity index (χ1) is 13.5. The molecule has 0 fully saturated rings. The molecule has 0 atom stereocenters. The predicted molar refractivity (Wildman–Crippen MR) is 105 cm³/mol. The Kier molecular flexibility index (Phi) is 5.54. The van der Waals surface area contributed by atoms with Crippen LogP contribution in [0.2, 0.25) is 0 Å². The summed E-state index contributed by atoms with van der Waals surface area (Å²) < 4.78 is 21.9. The Morgan fingerprint density at radius 3 is 2.50 bits per heavy atom. The van der Waals surface area contributed by atoms with Crippen LogP contribution in [0.3, 0.4) is 0 Å². The number of hydrogen-bond acceptors (Lipinski definition) is 6. The van der Waals surface area contributed by atoms with Crippen molar-refractivity contribution in [2.45, 2.75) is 13.8 Å². The lowest BCUT2D eigenvalue weighted by atomic mass is 10.0. The standard InChI is InChI=1S/C21H21NO6/c1-5-27-21(24)19-16-10-13(22-12(2)23)6-9-17(16)28-20(19)15-8-7-14(25-3)11-18(15)26-4/h6-11H,5H2,1-4H3,(H,22,23). The van der Waals surface area contributed by atoms with Gasteiger partial charge in [-0.3, -0.25) is 4.79 Å². The molecule has 3 rings (SSSR count). The van der Waals surface area contributed by atoms with Crippen molar-refractivity contribution in [3.05, 3.63) is 42.0 Å². The molecule has 0 unspecified atom stereocenters. The smallest absolute Gasteiger partial charge is 0.342 e. The normalized spacial score (nSPS) is 10.6. The third kappa shape index (κ3) is 3.64. The molecule has 146 valence electrons. The Morgan fingerprint density at radius 1 is 1.07 bits per heavy atom. The Bertz CT molecular complexity index is 1040. The summed E-state index contributed by atoms with van der Waals surface area (Å²) in [5.41, 5.74) is 1.90. The van der Waals surface area contributed by atoms with Gasteiger partial charge in [-0.1, -0.05) is 0 Å². The van der Waals surface area contributed by atoms with E-state index in [1.807, 2.05) is 0 Å². The summed E-state index contributed by atoms with van der Waals surface area (Å²) in [4.78, 5) is 24.1. The largest absolute Gasteiger partial charge is 0.497 e. The van der Waals surface area contributed by atoms with Gasteiger partial charge < -0.3 is 23.9 Å². The minimum atomic E-state index is -0.519. The van der Waals surface area contributed by atoms with E-state index in [0.29, 0.717) is 39.5 Å². The number of rotatable bonds is 6. The van der Waals surface area contributed by atoms with Gasteiger partial charge in [-0.2, -0.15) is 0 Å². The van der Waals surface area contributed by atoms with E-state index < -0.39 is 5.97 Å². The Balaban J connectivity index is 2.25. The molecule has 1 amide bonds. The fraction of sp³-hybridized carbons (Fsp3) is 0.238. The Labute approximate surface area is 162 Å². The average molecular weight is 383 g/mol. The topological polar surface area (TPSA) is 87.0 Å². The van der Waals surface area contributed by atoms with Crippen molar-refractivity contribution in [2.24, 2.45) is 0 Å². The first kappa shape index (κ1) is 19.3. The molecule has 2 aromatic carbocycles. The Morgan fingerprint density at radius 2 is 1.86 bits per heavy atom. The van der Waals surface area contributed by atoms with E-state index in [2.05, 4.69) is 5.32 Å². The molecule has 7 heteroatoms. The lowest BCUT2D eigenvalue weighted by Crippen LogP contribution is -2.07. The summed E-state index contributed by atoms with van der Waals surface area (Å²) in [7, 11) is 3.09.